The molecule has 0 aromatic carbocycles. The molecule has 6 fully saturated rings. The second-order valence-corrected chi connectivity index (χ2v) is 17.1. The first-order chi connectivity index (χ1) is 22.6. The zero-order chi connectivity index (χ0) is 39.7. The second kappa shape index (κ2) is 13.1. The van der Waals surface area contributed by atoms with Gasteiger partial charge >= 0.3 is 67.9 Å². The zero-order valence-corrected chi connectivity index (χ0v) is 32.6. The average molecular weight is 894 g/mol. The summed E-state index contributed by atoms with van der Waals surface area (Å²) in [4.78, 5) is 36.1. The molecule has 52 heavy (non-hydrogen) atoms. The Hall–Kier alpha value is -1.42. The first-order valence-electron chi connectivity index (χ1n) is 16.7. The van der Waals surface area contributed by atoms with E-state index in [1.807, 2.05) is 0 Å². The molecule has 6 rings (SSSR count). The van der Waals surface area contributed by atoms with Crippen LogP contribution in [0.1, 0.15) is 101 Å². The van der Waals surface area contributed by atoms with Crippen LogP contribution in [-0.4, -0.2) is 35.9 Å². The van der Waals surface area contributed by atoms with E-state index >= 15 is 0 Å². The quantitative estimate of drug-likeness (QED) is 0.154. The summed E-state index contributed by atoms with van der Waals surface area (Å²) in [6.45, 7) is 15.7. The molecule has 0 radical (unpaired) electrons. The zero-order valence-electron chi connectivity index (χ0n) is 30.2. The van der Waals surface area contributed by atoms with E-state index in [1.165, 1.54) is 0 Å². The van der Waals surface area contributed by atoms with Gasteiger partial charge in [-0.1, -0.05) is 62.3 Å². The summed E-state index contributed by atoms with van der Waals surface area (Å²) < 4.78 is 112. The molecule has 6 nitrogen and oxygen atoms in total. The second-order valence-electron chi connectivity index (χ2n) is 17.1. The molecular weight excluding hydrogens is 851 g/mol. The Morgan fingerprint density at radius 1 is 0.462 bits per heavy atom. The monoisotopic (exact) mass is 894 g/mol. The van der Waals surface area contributed by atoms with Crippen molar-refractivity contribution >= 4 is 17.3 Å². The summed E-state index contributed by atoms with van der Waals surface area (Å²) in [6, 6.07) is 0. The Kier molecular flexibility index (Phi) is 11.3. The number of Topliss-reactive ketones (excluding diaryl/α,β-unsaturated/α-hetero) is 3. The number of hydrogen-bond donors (Lipinski definition) is 0. The maximum absolute atomic E-state index is 12.5. The summed E-state index contributed by atoms with van der Waals surface area (Å²) in [5, 5.41) is 33.9. The Morgan fingerprint density at radius 3 is 0.750 bits per heavy atom. The standard InChI is InChI=1S/3C12H15F3O2.Eu/c3*1-10(2)6-4-5-11(10,3)8(16)7(6)9(17)12(13,14)15;/h3*6,17H,4-5H2,1-3H3;/q;;;+3/p-3/b3*9-7-;. The van der Waals surface area contributed by atoms with Crippen molar-refractivity contribution in [2.45, 2.75) is 119 Å². The Bertz CT molecular complexity index is 1460. The summed E-state index contributed by atoms with van der Waals surface area (Å²) in [5.74, 6) is -9.25. The van der Waals surface area contributed by atoms with Gasteiger partial charge in [-0.05, 0) is 107 Å². The van der Waals surface area contributed by atoms with Gasteiger partial charge in [0.25, 0.3) is 0 Å². The first-order valence-corrected chi connectivity index (χ1v) is 16.7. The number of halogens is 9. The van der Waals surface area contributed by atoms with Crippen LogP contribution in [0.4, 0.5) is 39.5 Å². The van der Waals surface area contributed by atoms with Crippen molar-refractivity contribution in [1.29, 1.82) is 0 Å². The van der Waals surface area contributed by atoms with E-state index in [1.54, 1.807) is 62.3 Å². The molecule has 0 aromatic rings. The van der Waals surface area contributed by atoms with Crippen LogP contribution in [0, 0.1) is 99.6 Å². The number of alkyl halides is 9. The van der Waals surface area contributed by atoms with Crippen LogP contribution in [0.5, 0.6) is 0 Å². The van der Waals surface area contributed by atoms with Crippen molar-refractivity contribution in [1.82, 2.24) is 0 Å². The van der Waals surface area contributed by atoms with E-state index in [0.717, 1.165) is 0 Å². The SMILES string of the molecule is CC12CCC(/C(=C(/[O-])C(F)(F)F)C1=O)C2(C)C.CC12CCC(/C(=C(/[O-])C(F)(F)F)C1=O)C2(C)C.CC12CCC(/C(=C(/[O-])C(F)(F)F)C1=O)C2(C)C.[Eu+3]. The van der Waals surface area contributed by atoms with Gasteiger partial charge in [-0.2, -0.15) is 39.5 Å². The van der Waals surface area contributed by atoms with Crippen LogP contribution in [0.3, 0.4) is 0 Å². The number of carbonyl (C=O) groups excluding carboxylic acids is 3. The summed E-state index contributed by atoms with van der Waals surface area (Å²) >= 11 is 0. The van der Waals surface area contributed by atoms with Crippen LogP contribution in [-0.2, 0) is 14.4 Å². The molecule has 0 aromatic heterocycles. The fourth-order valence-corrected chi connectivity index (χ4v) is 9.84. The molecule has 0 saturated heterocycles. The predicted molar refractivity (Wildman–Crippen MR) is 158 cm³/mol. The van der Waals surface area contributed by atoms with Crippen molar-refractivity contribution < 1.29 is 119 Å². The topological polar surface area (TPSA) is 120 Å². The molecule has 0 N–H and O–H groups in total. The molecule has 292 valence electrons. The number of ketones is 3. The third kappa shape index (κ3) is 6.16. The number of carbonyl (C=O) groups is 3. The van der Waals surface area contributed by atoms with Crippen molar-refractivity contribution in [2.75, 3.05) is 0 Å². The van der Waals surface area contributed by atoms with Crippen LogP contribution in [0.2, 0.25) is 0 Å². The predicted octanol–water partition coefficient (Wildman–Crippen LogP) is 6.56. The van der Waals surface area contributed by atoms with Gasteiger partial charge in [0, 0.05) is 16.2 Å². The maximum atomic E-state index is 12.5. The average Bonchev–Trinajstić information content (AvgIpc) is 3.59. The summed E-state index contributed by atoms with van der Waals surface area (Å²) in [7, 11) is 0. The third-order valence-electron chi connectivity index (χ3n) is 14.5. The smallest absolute Gasteiger partial charge is 0.869 e. The molecule has 6 atom stereocenters. The van der Waals surface area contributed by atoms with Crippen LogP contribution >= 0.6 is 0 Å². The van der Waals surface area contributed by atoms with Gasteiger partial charge in [-0.3, -0.25) is 14.4 Å². The van der Waals surface area contributed by atoms with Gasteiger partial charge in [0.2, 0.25) is 0 Å². The summed E-state index contributed by atoms with van der Waals surface area (Å²) in [5.41, 5.74) is -5.65. The largest absolute Gasteiger partial charge is 3.00 e. The minimum Gasteiger partial charge on any atom is -0.869 e. The van der Waals surface area contributed by atoms with E-state index in [0.29, 0.717) is 38.5 Å². The van der Waals surface area contributed by atoms with Crippen LogP contribution in [0.15, 0.2) is 34.0 Å². The van der Waals surface area contributed by atoms with Crippen molar-refractivity contribution in [3.8, 4) is 0 Å². The van der Waals surface area contributed by atoms with Crippen LogP contribution in [0.25, 0.3) is 0 Å². The normalized spacial score (nSPS) is 38.0. The number of rotatable bonds is 0. The Labute approximate surface area is 337 Å². The van der Waals surface area contributed by atoms with Gasteiger partial charge in [-0.15, -0.1) is 0 Å². The molecule has 0 heterocycles. The molecule has 6 saturated carbocycles. The van der Waals surface area contributed by atoms with Gasteiger partial charge < -0.3 is 15.3 Å². The molecule has 6 bridgehead atoms. The van der Waals surface area contributed by atoms with E-state index in [4.69, 9.17) is 0 Å². The fourth-order valence-electron chi connectivity index (χ4n) is 9.84. The Balaban J connectivity index is 0.000000208. The van der Waals surface area contributed by atoms with E-state index in [9.17, 15) is 69.2 Å². The molecule has 6 aliphatic rings. The van der Waals surface area contributed by atoms with Gasteiger partial charge in [0.15, 0.2) is 17.3 Å². The molecule has 16 heteroatoms. The van der Waals surface area contributed by atoms with Crippen LogP contribution < -0.4 is 15.3 Å². The third-order valence-corrected chi connectivity index (χ3v) is 14.5. The van der Waals surface area contributed by atoms with Crippen molar-refractivity contribution in [2.24, 2.45) is 50.2 Å². The van der Waals surface area contributed by atoms with Crippen molar-refractivity contribution in [3.05, 3.63) is 34.0 Å². The minimum atomic E-state index is -4.94. The number of hydrogen-bond acceptors (Lipinski definition) is 6. The maximum Gasteiger partial charge on any atom is 3.00 e. The molecule has 6 aliphatic carbocycles. The van der Waals surface area contributed by atoms with E-state index in [2.05, 4.69) is 0 Å². The minimum absolute atomic E-state index is 0. The van der Waals surface area contributed by atoms with Crippen molar-refractivity contribution in [3.63, 3.8) is 0 Å². The number of allylic oxidation sites excluding steroid dienone is 6. The molecule has 6 unspecified atom stereocenters. The number of fused-ring (bicyclic) bond motifs is 6. The molecular formula is C36H42EuF9O6. The van der Waals surface area contributed by atoms with E-state index < -0.39 is 120 Å². The molecule has 0 spiro atoms. The van der Waals surface area contributed by atoms with Gasteiger partial charge in [0.1, 0.15) is 0 Å². The molecule has 0 amide bonds. The fraction of sp³-hybridized carbons (Fsp3) is 0.750. The first kappa shape index (κ1) is 45.0. The van der Waals surface area contributed by atoms with Gasteiger partial charge in [0.05, 0.1) is 0 Å². The Morgan fingerprint density at radius 2 is 0.635 bits per heavy atom. The van der Waals surface area contributed by atoms with E-state index in [-0.39, 0.29) is 49.4 Å². The summed E-state index contributed by atoms with van der Waals surface area (Å²) in [6.07, 6.45) is -11.6. The molecule has 0 aliphatic heterocycles. The van der Waals surface area contributed by atoms with Gasteiger partial charge in [-0.25, -0.2) is 0 Å².